The number of hydrogen-bond donors (Lipinski definition) is 3. The molecule has 2 aliphatic rings. The van der Waals surface area contributed by atoms with E-state index >= 15 is 8.78 Å². The Morgan fingerprint density at radius 3 is 2.58 bits per heavy atom. The first-order chi connectivity index (χ1) is 18.3. The number of nitrogens with one attached hydrogen (secondary N) is 1. The lowest BCUT2D eigenvalue weighted by Gasteiger charge is -2.37. The first-order valence-corrected chi connectivity index (χ1v) is 13.0. The zero-order valence-electron chi connectivity index (χ0n) is 20.9. The van der Waals surface area contributed by atoms with Crippen LogP contribution >= 0.6 is 11.6 Å². The molecule has 1 aliphatic heterocycles. The van der Waals surface area contributed by atoms with Crippen molar-refractivity contribution < 1.29 is 28.2 Å². The standard InChI is InChI=1S/C29H29ClF2N2O4/c1-16-23-22(38-29(16,15-34-18-8-5-9-18)17-6-3-2-4-7-17)14-20(31)26(30)25(23)24-19(28(33)36)10-11-21(27(24)32)37-13-12-35/h2-4,6-7,10-11,14,16,18,34-35H,5,8-9,12-13,15H2,1H3,(H2,33,36). The number of primary amides is 1. The van der Waals surface area contributed by atoms with Crippen molar-refractivity contribution in [1.82, 2.24) is 5.32 Å². The highest BCUT2D eigenvalue weighted by atomic mass is 35.5. The molecule has 2 unspecified atom stereocenters. The SMILES string of the molecule is CC1c2c(cc(F)c(Cl)c2-c2c(C(N)=O)ccc(OCCO)c2F)OC1(CNC1CCC1)c1ccccc1. The minimum Gasteiger partial charge on any atom is -0.488 e. The molecular weight excluding hydrogens is 514 g/mol. The third kappa shape index (κ3) is 4.40. The molecule has 3 aromatic rings. The van der Waals surface area contributed by atoms with Crippen molar-refractivity contribution >= 4 is 17.5 Å². The van der Waals surface area contributed by atoms with Gasteiger partial charge in [-0.05, 0) is 30.5 Å². The van der Waals surface area contributed by atoms with Crippen LogP contribution in [0.15, 0.2) is 48.5 Å². The van der Waals surface area contributed by atoms with Crippen LogP contribution in [0, 0.1) is 11.6 Å². The molecule has 6 nitrogen and oxygen atoms in total. The second-order valence-corrected chi connectivity index (χ2v) is 10.2. The van der Waals surface area contributed by atoms with Crippen LogP contribution in [0.4, 0.5) is 8.78 Å². The molecule has 0 spiro atoms. The van der Waals surface area contributed by atoms with Crippen LogP contribution < -0.4 is 20.5 Å². The van der Waals surface area contributed by atoms with E-state index in [-0.39, 0.29) is 46.4 Å². The quantitative estimate of drug-likeness (QED) is 0.342. The molecule has 1 saturated carbocycles. The summed E-state index contributed by atoms with van der Waals surface area (Å²) in [5.74, 6) is -3.09. The average molecular weight is 543 g/mol. The fourth-order valence-corrected chi connectivity index (χ4v) is 5.65. The fourth-order valence-electron chi connectivity index (χ4n) is 5.40. The summed E-state index contributed by atoms with van der Waals surface area (Å²) < 4.78 is 43.2. The van der Waals surface area contributed by atoms with Gasteiger partial charge in [-0.2, -0.15) is 0 Å². The van der Waals surface area contributed by atoms with Crippen LogP contribution in [0.25, 0.3) is 11.1 Å². The molecule has 1 fully saturated rings. The zero-order valence-corrected chi connectivity index (χ0v) is 21.7. The number of amides is 1. The normalized spacial score (nSPS) is 20.5. The Hall–Kier alpha value is -3.20. The number of carbonyl (C=O) groups excluding carboxylic acids is 1. The number of rotatable bonds is 9. The second-order valence-electron chi connectivity index (χ2n) is 9.78. The number of halogens is 3. The maximum atomic E-state index is 16.0. The first kappa shape index (κ1) is 26.4. The Kier molecular flexibility index (Phi) is 7.31. The summed E-state index contributed by atoms with van der Waals surface area (Å²) >= 11 is 6.53. The van der Waals surface area contributed by atoms with Crippen LogP contribution in [-0.2, 0) is 5.60 Å². The Morgan fingerprint density at radius 2 is 1.95 bits per heavy atom. The van der Waals surface area contributed by atoms with Crippen LogP contribution in [-0.4, -0.2) is 36.8 Å². The van der Waals surface area contributed by atoms with E-state index in [4.69, 9.17) is 31.9 Å². The van der Waals surface area contributed by atoms with E-state index in [9.17, 15) is 4.79 Å². The average Bonchev–Trinajstić information content (AvgIpc) is 3.15. The maximum Gasteiger partial charge on any atom is 0.249 e. The lowest BCUT2D eigenvalue weighted by atomic mass is 9.77. The zero-order chi connectivity index (χ0) is 27.0. The van der Waals surface area contributed by atoms with Gasteiger partial charge in [-0.1, -0.05) is 55.3 Å². The highest BCUT2D eigenvalue weighted by molar-refractivity contribution is 6.34. The highest BCUT2D eigenvalue weighted by Crippen LogP contribution is 2.56. The summed E-state index contributed by atoms with van der Waals surface area (Å²) in [6.07, 6.45) is 3.28. The molecule has 0 saturated heterocycles. The molecule has 0 aromatic heterocycles. The van der Waals surface area contributed by atoms with Crippen molar-refractivity contribution in [1.29, 1.82) is 0 Å². The second kappa shape index (κ2) is 10.5. The van der Waals surface area contributed by atoms with Gasteiger partial charge in [0.15, 0.2) is 17.2 Å². The van der Waals surface area contributed by atoms with E-state index < -0.39 is 29.1 Å². The van der Waals surface area contributed by atoms with Crippen molar-refractivity contribution in [3.63, 3.8) is 0 Å². The Labute approximate surface area is 224 Å². The van der Waals surface area contributed by atoms with Crippen molar-refractivity contribution in [3.8, 4) is 22.6 Å². The first-order valence-electron chi connectivity index (χ1n) is 12.6. The maximum absolute atomic E-state index is 16.0. The van der Waals surface area contributed by atoms with Crippen molar-refractivity contribution in [2.45, 2.75) is 43.7 Å². The van der Waals surface area contributed by atoms with E-state index in [0.717, 1.165) is 24.8 Å². The Morgan fingerprint density at radius 1 is 1.21 bits per heavy atom. The molecule has 4 N–H and O–H groups in total. The summed E-state index contributed by atoms with van der Waals surface area (Å²) in [7, 11) is 0. The lowest BCUT2D eigenvalue weighted by molar-refractivity contribution is 0.0623. The molecule has 1 aliphatic carbocycles. The van der Waals surface area contributed by atoms with Gasteiger partial charge in [-0.3, -0.25) is 4.79 Å². The summed E-state index contributed by atoms with van der Waals surface area (Å²) in [4.78, 5) is 12.4. The molecule has 5 rings (SSSR count). The molecule has 200 valence electrons. The molecule has 2 atom stereocenters. The van der Waals surface area contributed by atoms with Crippen molar-refractivity contribution in [3.05, 3.63) is 81.9 Å². The minimum absolute atomic E-state index is 0.00337. The molecule has 38 heavy (non-hydrogen) atoms. The molecule has 1 heterocycles. The van der Waals surface area contributed by atoms with Crippen molar-refractivity contribution in [2.24, 2.45) is 5.73 Å². The number of aliphatic hydroxyl groups excluding tert-OH is 1. The number of ether oxygens (including phenoxy) is 2. The third-order valence-corrected chi connectivity index (χ3v) is 8.01. The topological polar surface area (TPSA) is 93.8 Å². The molecule has 1 amide bonds. The van der Waals surface area contributed by atoms with Gasteiger partial charge in [-0.25, -0.2) is 8.78 Å². The number of aliphatic hydroxyl groups is 1. The predicted octanol–water partition coefficient (Wildman–Crippen LogP) is 5.29. The van der Waals surface area contributed by atoms with Crippen LogP contribution in [0.2, 0.25) is 5.02 Å². The summed E-state index contributed by atoms with van der Waals surface area (Å²) in [6, 6.07) is 13.7. The van der Waals surface area contributed by atoms with E-state index in [1.54, 1.807) is 0 Å². The van der Waals surface area contributed by atoms with Gasteiger partial charge in [0.25, 0.3) is 0 Å². The van der Waals surface area contributed by atoms with Gasteiger partial charge in [0, 0.05) is 41.3 Å². The van der Waals surface area contributed by atoms with Gasteiger partial charge in [0.1, 0.15) is 18.2 Å². The third-order valence-electron chi connectivity index (χ3n) is 7.64. The van der Waals surface area contributed by atoms with Gasteiger partial charge in [0.05, 0.1) is 17.2 Å². The molecule has 3 aromatic carbocycles. The van der Waals surface area contributed by atoms with Crippen LogP contribution in [0.1, 0.15) is 53.6 Å². The smallest absolute Gasteiger partial charge is 0.249 e. The van der Waals surface area contributed by atoms with Crippen LogP contribution in [0.5, 0.6) is 11.5 Å². The number of hydrogen-bond acceptors (Lipinski definition) is 5. The number of fused-ring (bicyclic) bond motifs is 1. The molecule has 0 bridgehead atoms. The minimum atomic E-state index is -0.945. The largest absolute Gasteiger partial charge is 0.488 e. The lowest BCUT2D eigenvalue weighted by Crippen LogP contribution is -2.48. The Bertz CT molecular complexity index is 1370. The highest BCUT2D eigenvalue weighted by Gasteiger charge is 2.50. The number of nitrogens with two attached hydrogens (primary N) is 1. The van der Waals surface area contributed by atoms with Gasteiger partial charge in [0.2, 0.25) is 5.91 Å². The van der Waals surface area contributed by atoms with Crippen LogP contribution in [0.3, 0.4) is 0 Å². The van der Waals surface area contributed by atoms with E-state index in [2.05, 4.69) is 5.32 Å². The fraction of sp³-hybridized carbons (Fsp3) is 0.345. The summed E-state index contributed by atoms with van der Waals surface area (Å²) in [5.41, 5.74) is 5.57. The van der Waals surface area contributed by atoms with E-state index in [1.807, 2.05) is 37.3 Å². The number of carbonyl (C=O) groups is 1. The summed E-state index contributed by atoms with van der Waals surface area (Å²) in [5, 5.41) is 12.4. The van der Waals surface area contributed by atoms with E-state index in [1.165, 1.54) is 18.2 Å². The van der Waals surface area contributed by atoms with Gasteiger partial charge < -0.3 is 25.6 Å². The number of benzene rings is 3. The van der Waals surface area contributed by atoms with Crippen molar-refractivity contribution in [2.75, 3.05) is 19.8 Å². The molecular formula is C29H29ClF2N2O4. The van der Waals surface area contributed by atoms with Gasteiger partial charge in [-0.15, -0.1) is 0 Å². The predicted molar refractivity (Wildman–Crippen MR) is 141 cm³/mol. The van der Waals surface area contributed by atoms with Gasteiger partial charge >= 0.3 is 0 Å². The molecule has 0 radical (unpaired) electrons. The summed E-state index contributed by atoms with van der Waals surface area (Å²) in [6.45, 7) is 1.83. The Balaban J connectivity index is 1.72. The van der Waals surface area contributed by atoms with E-state index in [0.29, 0.717) is 18.2 Å². The monoisotopic (exact) mass is 542 g/mol. The molecule has 9 heteroatoms.